The Hall–Kier alpha value is -1.13. The van der Waals surface area contributed by atoms with Gasteiger partial charge in [0.15, 0.2) is 5.76 Å². The van der Waals surface area contributed by atoms with E-state index in [2.05, 4.69) is 6.92 Å². The highest BCUT2D eigenvalue weighted by molar-refractivity contribution is 7.12. The number of rotatable bonds is 2. The molecule has 2 aromatic rings. The van der Waals surface area contributed by atoms with Gasteiger partial charge in [-0.1, -0.05) is 19.3 Å². The predicted octanol–water partition coefficient (Wildman–Crippen LogP) is 3.83. The van der Waals surface area contributed by atoms with Crippen LogP contribution in [-0.4, -0.2) is 4.98 Å². The molecule has 0 unspecified atom stereocenters. The largest absolute Gasteiger partial charge is 0.463 e. The van der Waals surface area contributed by atoms with Gasteiger partial charge in [0.2, 0.25) is 0 Å². The second-order valence-electron chi connectivity index (χ2n) is 5.12. The van der Waals surface area contributed by atoms with E-state index in [1.807, 2.05) is 12.1 Å². The number of nitrogens with zero attached hydrogens (tertiary/aromatic N) is 1. The Kier molecular flexibility index (Phi) is 2.99. The number of hydrogen-bond acceptors (Lipinski definition) is 4. The van der Waals surface area contributed by atoms with Crippen LogP contribution in [0.2, 0.25) is 0 Å². The van der Waals surface area contributed by atoms with E-state index in [9.17, 15) is 0 Å². The quantitative estimate of drug-likeness (QED) is 0.894. The summed E-state index contributed by atoms with van der Waals surface area (Å²) in [7, 11) is 0. The van der Waals surface area contributed by atoms with Gasteiger partial charge in [0.1, 0.15) is 10.7 Å². The molecule has 0 atom stereocenters. The van der Waals surface area contributed by atoms with Crippen LogP contribution >= 0.6 is 11.3 Å². The van der Waals surface area contributed by atoms with Crippen molar-refractivity contribution >= 4 is 11.3 Å². The van der Waals surface area contributed by atoms with Crippen molar-refractivity contribution in [2.75, 3.05) is 0 Å². The monoisotopic (exact) mass is 262 g/mol. The van der Waals surface area contributed by atoms with Crippen molar-refractivity contribution in [3.05, 3.63) is 28.3 Å². The van der Waals surface area contributed by atoms with Crippen LogP contribution < -0.4 is 5.73 Å². The maximum absolute atomic E-state index is 6.53. The van der Waals surface area contributed by atoms with E-state index in [1.54, 1.807) is 17.6 Å². The Morgan fingerprint density at radius 2 is 2.11 bits per heavy atom. The highest BCUT2D eigenvalue weighted by Crippen LogP contribution is 2.39. The summed E-state index contributed by atoms with van der Waals surface area (Å²) in [5.74, 6) is 0.842. The lowest BCUT2D eigenvalue weighted by Crippen LogP contribution is -2.38. The van der Waals surface area contributed by atoms with Crippen molar-refractivity contribution in [2.45, 2.75) is 44.6 Å². The molecule has 96 valence electrons. The maximum Gasteiger partial charge on any atom is 0.153 e. The molecule has 1 aliphatic carbocycles. The van der Waals surface area contributed by atoms with Crippen LogP contribution in [0.15, 0.2) is 22.8 Å². The molecule has 0 spiro atoms. The minimum atomic E-state index is -0.210. The maximum atomic E-state index is 6.53. The number of aromatic nitrogens is 1. The van der Waals surface area contributed by atoms with Crippen LogP contribution in [0.25, 0.3) is 11.5 Å². The number of aryl methyl sites for hydroxylation is 1. The molecule has 3 rings (SSSR count). The van der Waals surface area contributed by atoms with Crippen LogP contribution in [0.5, 0.6) is 0 Å². The first-order chi connectivity index (χ1) is 8.69. The highest BCUT2D eigenvalue weighted by Gasteiger charge is 2.33. The minimum absolute atomic E-state index is 0.210. The van der Waals surface area contributed by atoms with E-state index >= 15 is 0 Å². The lowest BCUT2D eigenvalue weighted by molar-refractivity contribution is 0.301. The first-order valence-electron chi connectivity index (χ1n) is 6.50. The zero-order valence-corrected chi connectivity index (χ0v) is 11.4. The molecule has 1 aliphatic rings. The van der Waals surface area contributed by atoms with E-state index < -0.39 is 0 Å². The van der Waals surface area contributed by atoms with Crippen LogP contribution in [0.1, 0.15) is 42.0 Å². The first-order valence-corrected chi connectivity index (χ1v) is 7.31. The van der Waals surface area contributed by atoms with Gasteiger partial charge in [-0.3, -0.25) is 0 Å². The molecular formula is C14H18N2OS. The number of thiazole rings is 1. The van der Waals surface area contributed by atoms with Gasteiger partial charge in [-0.15, -0.1) is 11.3 Å². The van der Waals surface area contributed by atoms with E-state index in [4.69, 9.17) is 15.1 Å². The van der Waals surface area contributed by atoms with Crippen molar-refractivity contribution in [1.82, 2.24) is 4.98 Å². The molecule has 0 aliphatic heterocycles. The lowest BCUT2D eigenvalue weighted by atomic mass is 9.83. The fraction of sp³-hybridized carbons (Fsp3) is 0.500. The van der Waals surface area contributed by atoms with E-state index in [1.165, 1.54) is 24.1 Å². The van der Waals surface area contributed by atoms with Crippen molar-refractivity contribution in [2.24, 2.45) is 5.73 Å². The SMILES string of the molecule is Cc1sc(C2(N)CCCCC2)nc1-c1ccco1. The average molecular weight is 262 g/mol. The molecule has 0 saturated heterocycles. The van der Waals surface area contributed by atoms with Crippen LogP contribution in [-0.2, 0) is 5.54 Å². The second kappa shape index (κ2) is 4.52. The van der Waals surface area contributed by atoms with Gasteiger partial charge in [-0.2, -0.15) is 0 Å². The summed E-state index contributed by atoms with van der Waals surface area (Å²) in [5.41, 5.74) is 7.28. The molecular weight excluding hydrogens is 244 g/mol. The Labute approximate surface area is 111 Å². The summed E-state index contributed by atoms with van der Waals surface area (Å²) in [6.45, 7) is 2.09. The zero-order valence-electron chi connectivity index (χ0n) is 10.6. The molecule has 0 bridgehead atoms. The van der Waals surface area contributed by atoms with Gasteiger partial charge >= 0.3 is 0 Å². The van der Waals surface area contributed by atoms with Crippen molar-refractivity contribution in [1.29, 1.82) is 0 Å². The molecule has 2 N–H and O–H groups in total. The summed E-state index contributed by atoms with van der Waals surface area (Å²) in [4.78, 5) is 5.94. The van der Waals surface area contributed by atoms with Gasteiger partial charge < -0.3 is 10.2 Å². The molecule has 18 heavy (non-hydrogen) atoms. The Morgan fingerprint density at radius 3 is 2.78 bits per heavy atom. The van der Waals surface area contributed by atoms with Crippen LogP contribution in [0, 0.1) is 6.92 Å². The highest BCUT2D eigenvalue weighted by atomic mass is 32.1. The second-order valence-corrected chi connectivity index (χ2v) is 6.32. The standard InChI is InChI=1S/C14H18N2OS/c1-10-12(11-6-5-9-17-11)16-13(18-10)14(15)7-3-2-4-8-14/h5-6,9H,2-4,7-8,15H2,1H3. The van der Waals surface area contributed by atoms with Crippen LogP contribution in [0.4, 0.5) is 0 Å². The smallest absolute Gasteiger partial charge is 0.153 e. The molecule has 1 saturated carbocycles. The third-order valence-corrected chi connectivity index (χ3v) is 4.91. The fourth-order valence-electron chi connectivity index (χ4n) is 2.65. The summed E-state index contributed by atoms with van der Waals surface area (Å²) in [6, 6.07) is 3.85. The van der Waals surface area contributed by atoms with E-state index in [-0.39, 0.29) is 5.54 Å². The predicted molar refractivity (Wildman–Crippen MR) is 73.5 cm³/mol. The molecule has 4 heteroatoms. The number of hydrogen-bond donors (Lipinski definition) is 1. The fourth-order valence-corrected chi connectivity index (χ4v) is 3.73. The normalized spacial score (nSPS) is 19.0. The van der Waals surface area contributed by atoms with Gasteiger partial charge in [-0.25, -0.2) is 4.98 Å². The zero-order chi connectivity index (χ0) is 12.6. The minimum Gasteiger partial charge on any atom is -0.463 e. The summed E-state index contributed by atoms with van der Waals surface area (Å²) in [5, 5.41) is 1.08. The molecule has 2 heterocycles. The van der Waals surface area contributed by atoms with E-state index in [0.717, 1.165) is 29.3 Å². The summed E-state index contributed by atoms with van der Waals surface area (Å²) < 4.78 is 5.44. The van der Waals surface area contributed by atoms with Crippen molar-refractivity contribution < 1.29 is 4.42 Å². The Morgan fingerprint density at radius 1 is 1.33 bits per heavy atom. The van der Waals surface area contributed by atoms with Gasteiger partial charge in [0, 0.05) is 4.88 Å². The summed E-state index contributed by atoms with van der Waals surface area (Å²) in [6.07, 6.45) is 7.52. The molecule has 2 aromatic heterocycles. The molecule has 0 radical (unpaired) electrons. The summed E-state index contributed by atoms with van der Waals surface area (Å²) >= 11 is 1.72. The third kappa shape index (κ3) is 1.99. The van der Waals surface area contributed by atoms with Crippen LogP contribution in [0.3, 0.4) is 0 Å². The number of furan rings is 1. The topological polar surface area (TPSA) is 52.0 Å². The molecule has 3 nitrogen and oxygen atoms in total. The molecule has 1 fully saturated rings. The van der Waals surface area contributed by atoms with Gasteiger partial charge in [-0.05, 0) is 31.9 Å². The van der Waals surface area contributed by atoms with Crippen molar-refractivity contribution in [3.63, 3.8) is 0 Å². The molecule has 0 aromatic carbocycles. The first kappa shape index (κ1) is 11.9. The van der Waals surface area contributed by atoms with Gasteiger partial charge in [0.25, 0.3) is 0 Å². The number of nitrogens with two attached hydrogens (primary N) is 1. The van der Waals surface area contributed by atoms with Gasteiger partial charge in [0.05, 0.1) is 11.8 Å². The molecule has 0 amide bonds. The third-order valence-electron chi connectivity index (χ3n) is 3.72. The van der Waals surface area contributed by atoms with Crippen molar-refractivity contribution in [3.8, 4) is 11.5 Å². The average Bonchev–Trinajstić information content (AvgIpc) is 2.98. The Balaban J connectivity index is 1.97. The van der Waals surface area contributed by atoms with E-state index in [0.29, 0.717) is 0 Å². The lowest BCUT2D eigenvalue weighted by Gasteiger charge is -2.31. The Bertz CT molecular complexity index is 524.